The molecule has 1 aromatic rings. The number of benzene rings is 1. The molecule has 0 spiro atoms. The van der Waals surface area contributed by atoms with Gasteiger partial charge >= 0.3 is 5.97 Å². The number of esters is 1. The van der Waals surface area contributed by atoms with Crippen LogP contribution < -0.4 is 19.5 Å². The summed E-state index contributed by atoms with van der Waals surface area (Å²) in [7, 11) is 5.70. The number of carbonyl (C=O) groups is 2. The molecule has 0 aromatic heterocycles. The molecule has 0 aliphatic rings. The molecular weight excluding hydrogens is 358 g/mol. The number of hydrogen-bond donors (Lipinski definition) is 1. The van der Waals surface area contributed by atoms with Crippen LogP contribution in [0.5, 0.6) is 17.2 Å². The number of rotatable bonds is 11. The minimum Gasteiger partial charge on any atom is -0.493 e. The Kier molecular flexibility index (Phi) is 9.43. The molecule has 1 amide bonds. The number of methoxy groups -OCH3 is 4. The Morgan fingerprint density at radius 1 is 1.15 bits per heavy atom. The number of hydrogen-bond acceptors (Lipinski definition) is 7. The molecule has 0 aliphatic carbocycles. The van der Waals surface area contributed by atoms with Crippen molar-refractivity contribution in [3.05, 3.63) is 30.4 Å². The molecule has 0 unspecified atom stereocenters. The van der Waals surface area contributed by atoms with Gasteiger partial charge < -0.3 is 24.3 Å². The maximum atomic E-state index is 12.6. The number of carbonyl (C=O) groups excluding carboxylic acids is 2. The molecule has 26 heavy (non-hydrogen) atoms. The van der Waals surface area contributed by atoms with Gasteiger partial charge in [0.2, 0.25) is 5.75 Å². The van der Waals surface area contributed by atoms with E-state index < -0.39 is 17.9 Å². The Hall–Kier alpha value is -2.35. The van der Waals surface area contributed by atoms with Gasteiger partial charge in [0.05, 0.1) is 28.4 Å². The molecule has 8 heteroatoms. The summed E-state index contributed by atoms with van der Waals surface area (Å²) in [6.07, 6.45) is 2.62. The van der Waals surface area contributed by atoms with Gasteiger partial charge in [-0.1, -0.05) is 6.08 Å². The third-order valence-electron chi connectivity index (χ3n) is 3.47. The second-order valence-electron chi connectivity index (χ2n) is 5.12. The third-order valence-corrected chi connectivity index (χ3v) is 4.56. The van der Waals surface area contributed by atoms with Crippen LogP contribution in [0.1, 0.15) is 16.8 Å². The van der Waals surface area contributed by atoms with Crippen molar-refractivity contribution in [2.24, 2.45) is 0 Å². The highest BCUT2D eigenvalue weighted by molar-refractivity contribution is 7.99. The predicted molar refractivity (Wildman–Crippen MR) is 102 cm³/mol. The summed E-state index contributed by atoms with van der Waals surface area (Å²) in [5.74, 6) is 1.35. The molecule has 0 saturated heterocycles. The van der Waals surface area contributed by atoms with Crippen molar-refractivity contribution < 1.29 is 28.5 Å². The van der Waals surface area contributed by atoms with Crippen molar-refractivity contribution in [2.75, 3.05) is 39.9 Å². The van der Waals surface area contributed by atoms with Crippen molar-refractivity contribution in [1.82, 2.24) is 5.32 Å². The van der Waals surface area contributed by atoms with Crippen molar-refractivity contribution in [3.8, 4) is 17.2 Å². The van der Waals surface area contributed by atoms with Crippen molar-refractivity contribution in [1.29, 1.82) is 0 Å². The normalized spacial score (nSPS) is 11.2. The average Bonchev–Trinajstić information content (AvgIpc) is 2.67. The Labute approximate surface area is 158 Å². The smallest absolute Gasteiger partial charge is 0.329 e. The summed E-state index contributed by atoms with van der Waals surface area (Å²) in [4.78, 5) is 24.6. The molecule has 1 aromatic carbocycles. The van der Waals surface area contributed by atoms with Gasteiger partial charge in [-0.2, -0.15) is 11.8 Å². The van der Waals surface area contributed by atoms with Gasteiger partial charge in [0.15, 0.2) is 11.5 Å². The monoisotopic (exact) mass is 383 g/mol. The van der Waals surface area contributed by atoms with Crippen LogP contribution in [0, 0.1) is 0 Å². The Morgan fingerprint density at radius 2 is 1.77 bits per heavy atom. The van der Waals surface area contributed by atoms with E-state index in [-0.39, 0.29) is 5.56 Å². The van der Waals surface area contributed by atoms with E-state index in [1.54, 1.807) is 6.08 Å². The van der Waals surface area contributed by atoms with Crippen LogP contribution in [0.3, 0.4) is 0 Å². The molecular formula is C18H25NO6S. The molecule has 0 bridgehead atoms. The molecule has 0 heterocycles. The zero-order valence-corrected chi connectivity index (χ0v) is 16.3. The first-order valence-electron chi connectivity index (χ1n) is 7.89. The molecule has 0 radical (unpaired) electrons. The van der Waals surface area contributed by atoms with Crippen molar-refractivity contribution in [2.45, 2.75) is 12.5 Å². The second-order valence-corrected chi connectivity index (χ2v) is 6.27. The van der Waals surface area contributed by atoms with Crippen LogP contribution in [-0.4, -0.2) is 57.9 Å². The summed E-state index contributed by atoms with van der Waals surface area (Å²) in [5, 5.41) is 2.69. The molecule has 1 N–H and O–H groups in total. The van der Waals surface area contributed by atoms with Gasteiger partial charge in [-0.25, -0.2) is 4.79 Å². The quantitative estimate of drug-likeness (QED) is 0.357. The molecule has 144 valence electrons. The standard InChI is InChI=1S/C18H25NO6S/c1-6-7-8-26-11-13(18(21)25-5)19-17(20)12-9-14(22-2)16(24-4)15(10-12)23-3/h6,9-10,13H,1,7-8,11H2,2-5H3,(H,19,20)/t13-/m0/s1. The van der Waals surface area contributed by atoms with E-state index in [1.807, 2.05) is 0 Å². The third kappa shape index (κ3) is 5.87. The zero-order valence-electron chi connectivity index (χ0n) is 15.5. The minimum atomic E-state index is -0.763. The van der Waals surface area contributed by atoms with Gasteiger partial charge in [0, 0.05) is 11.3 Å². The summed E-state index contributed by atoms with van der Waals surface area (Å²) in [6.45, 7) is 3.65. The maximum Gasteiger partial charge on any atom is 0.329 e. The molecule has 1 atom stereocenters. The van der Waals surface area contributed by atoms with Crippen LogP contribution >= 0.6 is 11.8 Å². The van der Waals surface area contributed by atoms with Gasteiger partial charge in [-0.3, -0.25) is 4.79 Å². The Balaban J connectivity index is 2.97. The lowest BCUT2D eigenvalue weighted by Crippen LogP contribution is -2.43. The lowest BCUT2D eigenvalue weighted by Gasteiger charge is -2.18. The number of ether oxygens (including phenoxy) is 4. The lowest BCUT2D eigenvalue weighted by atomic mass is 10.1. The summed E-state index contributed by atoms with van der Waals surface area (Å²) < 4.78 is 20.5. The van der Waals surface area contributed by atoms with Gasteiger partial charge in [-0.15, -0.1) is 6.58 Å². The molecule has 1 rings (SSSR count). The van der Waals surface area contributed by atoms with Crippen LogP contribution in [0.2, 0.25) is 0 Å². The zero-order chi connectivity index (χ0) is 19.5. The average molecular weight is 383 g/mol. The van der Waals surface area contributed by atoms with Crippen LogP contribution in [0.25, 0.3) is 0 Å². The van der Waals surface area contributed by atoms with E-state index in [4.69, 9.17) is 18.9 Å². The molecule has 0 aliphatic heterocycles. The topological polar surface area (TPSA) is 83.1 Å². The first kappa shape index (κ1) is 21.7. The lowest BCUT2D eigenvalue weighted by molar-refractivity contribution is -0.142. The van der Waals surface area contributed by atoms with Crippen LogP contribution in [-0.2, 0) is 9.53 Å². The summed E-state index contributed by atoms with van der Waals surface area (Å²) in [5.41, 5.74) is 0.282. The fourth-order valence-electron chi connectivity index (χ4n) is 2.13. The van der Waals surface area contributed by atoms with Crippen molar-refractivity contribution in [3.63, 3.8) is 0 Å². The molecule has 0 saturated carbocycles. The fourth-order valence-corrected chi connectivity index (χ4v) is 3.09. The van der Waals surface area contributed by atoms with Crippen molar-refractivity contribution >= 4 is 23.6 Å². The van der Waals surface area contributed by atoms with Crippen LogP contribution in [0.4, 0.5) is 0 Å². The first-order valence-corrected chi connectivity index (χ1v) is 9.05. The van der Waals surface area contributed by atoms with Crippen LogP contribution in [0.15, 0.2) is 24.8 Å². The number of nitrogens with one attached hydrogen (secondary N) is 1. The SMILES string of the molecule is C=CCCSC[C@H](NC(=O)c1cc(OC)c(OC)c(OC)c1)C(=O)OC. The molecule has 7 nitrogen and oxygen atoms in total. The highest BCUT2D eigenvalue weighted by Gasteiger charge is 2.24. The van der Waals surface area contributed by atoms with Gasteiger partial charge in [0.25, 0.3) is 5.91 Å². The second kappa shape index (κ2) is 11.3. The number of amides is 1. The van der Waals surface area contributed by atoms with E-state index in [0.29, 0.717) is 23.0 Å². The maximum absolute atomic E-state index is 12.6. The molecule has 0 fully saturated rings. The highest BCUT2D eigenvalue weighted by Crippen LogP contribution is 2.38. The Morgan fingerprint density at radius 3 is 2.23 bits per heavy atom. The van der Waals surface area contributed by atoms with Gasteiger partial charge in [0.1, 0.15) is 6.04 Å². The highest BCUT2D eigenvalue weighted by atomic mass is 32.2. The van der Waals surface area contributed by atoms with E-state index >= 15 is 0 Å². The largest absolute Gasteiger partial charge is 0.493 e. The van der Waals surface area contributed by atoms with E-state index in [9.17, 15) is 9.59 Å². The number of allylic oxidation sites excluding steroid dienone is 1. The van der Waals surface area contributed by atoms with E-state index in [0.717, 1.165) is 12.2 Å². The van der Waals surface area contributed by atoms with Gasteiger partial charge in [-0.05, 0) is 24.3 Å². The van der Waals surface area contributed by atoms with E-state index in [2.05, 4.69) is 11.9 Å². The first-order chi connectivity index (χ1) is 12.5. The summed E-state index contributed by atoms with van der Waals surface area (Å²) >= 11 is 1.53. The Bertz CT molecular complexity index is 609. The van der Waals surface area contributed by atoms with E-state index in [1.165, 1.54) is 52.3 Å². The fraction of sp³-hybridized carbons (Fsp3) is 0.444. The number of thioether (sulfide) groups is 1. The minimum absolute atomic E-state index is 0.282. The predicted octanol–water partition coefficient (Wildman–Crippen LogP) is 2.29. The summed E-state index contributed by atoms with van der Waals surface area (Å²) in [6, 6.07) is 2.28.